The Kier molecular flexibility index (Phi) is 4.82. The van der Waals surface area contributed by atoms with Crippen LogP contribution in [-0.4, -0.2) is 29.2 Å². The lowest BCUT2D eigenvalue weighted by atomic mass is 9.84. The van der Waals surface area contributed by atoms with Crippen molar-refractivity contribution in [3.8, 4) is 0 Å². The molecule has 5 nitrogen and oxygen atoms in total. The van der Waals surface area contributed by atoms with Crippen LogP contribution in [0.25, 0.3) is 0 Å². The quantitative estimate of drug-likeness (QED) is 0.681. The second-order valence-electron chi connectivity index (χ2n) is 5.47. The number of aliphatic carboxylic acids is 1. The molecule has 0 spiro atoms. The second-order valence-corrected chi connectivity index (χ2v) is 5.47. The maximum absolute atomic E-state index is 11.8. The van der Waals surface area contributed by atoms with Crippen LogP contribution in [0.5, 0.6) is 0 Å². The first-order valence-corrected chi connectivity index (χ1v) is 7.11. The molecule has 3 N–H and O–H groups in total. The zero-order chi connectivity index (χ0) is 13.7. The third kappa shape index (κ3) is 3.98. The predicted molar refractivity (Wildman–Crippen MR) is 71.8 cm³/mol. The minimum atomic E-state index is -0.924. The van der Waals surface area contributed by atoms with Gasteiger partial charge in [0.2, 0.25) is 0 Å². The van der Waals surface area contributed by atoms with Crippen LogP contribution >= 0.6 is 0 Å². The molecule has 2 rings (SSSR count). The van der Waals surface area contributed by atoms with Crippen molar-refractivity contribution < 1.29 is 14.7 Å². The number of urea groups is 1. The maximum Gasteiger partial charge on any atom is 0.326 e. The Morgan fingerprint density at radius 1 is 1.11 bits per heavy atom. The summed E-state index contributed by atoms with van der Waals surface area (Å²) in [6, 6.07) is -0.998. The molecule has 106 valence electrons. The number of carbonyl (C=O) groups is 2. The van der Waals surface area contributed by atoms with E-state index >= 15 is 0 Å². The SMILES string of the molecule is O=C(NC1CC=CC1)NC(C(=O)O)C1CCCCC1. The largest absolute Gasteiger partial charge is 0.480 e. The summed E-state index contributed by atoms with van der Waals surface area (Å²) in [6.07, 6.45) is 10.8. The minimum absolute atomic E-state index is 0.0682. The summed E-state index contributed by atoms with van der Waals surface area (Å²) in [4.78, 5) is 23.2. The van der Waals surface area contributed by atoms with Crippen molar-refractivity contribution in [1.82, 2.24) is 10.6 Å². The number of hydrogen-bond donors (Lipinski definition) is 3. The van der Waals surface area contributed by atoms with E-state index in [1.54, 1.807) is 0 Å². The summed E-state index contributed by atoms with van der Waals surface area (Å²) in [5, 5.41) is 14.7. The van der Waals surface area contributed by atoms with Gasteiger partial charge < -0.3 is 15.7 Å². The van der Waals surface area contributed by atoms with E-state index in [-0.39, 0.29) is 18.0 Å². The van der Waals surface area contributed by atoms with Crippen molar-refractivity contribution in [2.75, 3.05) is 0 Å². The maximum atomic E-state index is 11.8. The van der Waals surface area contributed by atoms with E-state index in [9.17, 15) is 14.7 Å². The van der Waals surface area contributed by atoms with E-state index in [4.69, 9.17) is 0 Å². The van der Waals surface area contributed by atoms with E-state index < -0.39 is 12.0 Å². The zero-order valence-electron chi connectivity index (χ0n) is 11.1. The molecule has 2 aliphatic rings. The van der Waals surface area contributed by atoms with Crippen LogP contribution in [0.15, 0.2) is 12.2 Å². The zero-order valence-corrected chi connectivity index (χ0v) is 11.1. The highest BCUT2D eigenvalue weighted by molar-refractivity contribution is 5.83. The molecular weight excluding hydrogens is 244 g/mol. The van der Waals surface area contributed by atoms with Gasteiger partial charge >= 0.3 is 12.0 Å². The summed E-state index contributed by atoms with van der Waals surface area (Å²) < 4.78 is 0. The normalized spacial score (nSPS) is 22.1. The molecule has 0 radical (unpaired) electrons. The number of carboxylic acid groups (broad SMARTS) is 1. The molecule has 1 unspecified atom stereocenters. The van der Waals surface area contributed by atoms with Gasteiger partial charge in [-0.15, -0.1) is 0 Å². The van der Waals surface area contributed by atoms with Crippen LogP contribution < -0.4 is 10.6 Å². The van der Waals surface area contributed by atoms with Crippen LogP contribution in [0.2, 0.25) is 0 Å². The third-order valence-electron chi connectivity index (χ3n) is 4.02. The number of amides is 2. The molecule has 2 amide bonds. The van der Waals surface area contributed by atoms with Crippen molar-refractivity contribution in [3.05, 3.63) is 12.2 Å². The van der Waals surface area contributed by atoms with Gasteiger partial charge in [0.05, 0.1) is 0 Å². The lowest BCUT2D eigenvalue weighted by molar-refractivity contribution is -0.141. The molecule has 0 aliphatic heterocycles. The Bertz CT molecular complexity index is 354. The lowest BCUT2D eigenvalue weighted by Crippen LogP contribution is -2.51. The number of rotatable bonds is 4. The molecule has 1 saturated carbocycles. The van der Waals surface area contributed by atoms with Gasteiger partial charge in [0.25, 0.3) is 0 Å². The highest BCUT2D eigenvalue weighted by Crippen LogP contribution is 2.26. The molecule has 0 aromatic carbocycles. The van der Waals surface area contributed by atoms with Gasteiger partial charge in [0.1, 0.15) is 6.04 Å². The number of carbonyl (C=O) groups excluding carboxylic acids is 1. The molecule has 1 fully saturated rings. The minimum Gasteiger partial charge on any atom is -0.480 e. The highest BCUT2D eigenvalue weighted by Gasteiger charge is 2.31. The molecule has 19 heavy (non-hydrogen) atoms. The molecule has 0 aromatic heterocycles. The third-order valence-corrected chi connectivity index (χ3v) is 4.02. The summed E-state index contributed by atoms with van der Waals surface area (Å²) in [7, 11) is 0. The first-order chi connectivity index (χ1) is 9.16. The number of carboxylic acids is 1. The van der Waals surface area contributed by atoms with E-state index in [0.717, 1.165) is 38.5 Å². The molecule has 2 aliphatic carbocycles. The fourth-order valence-corrected chi connectivity index (χ4v) is 2.95. The average Bonchev–Trinajstić information content (AvgIpc) is 2.89. The topological polar surface area (TPSA) is 78.4 Å². The second kappa shape index (κ2) is 6.59. The fourth-order valence-electron chi connectivity index (χ4n) is 2.95. The molecule has 1 atom stereocenters. The average molecular weight is 266 g/mol. The van der Waals surface area contributed by atoms with E-state index in [2.05, 4.69) is 10.6 Å². The van der Waals surface area contributed by atoms with Crippen LogP contribution in [0, 0.1) is 5.92 Å². The van der Waals surface area contributed by atoms with Crippen molar-refractivity contribution in [2.45, 2.75) is 57.0 Å². The van der Waals surface area contributed by atoms with E-state index in [0.29, 0.717) is 0 Å². The molecule has 0 heterocycles. The summed E-state index contributed by atoms with van der Waals surface area (Å²) in [5.41, 5.74) is 0. The van der Waals surface area contributed by atoms with E-state index in [1.807, 2.05) is 12.2 Å². The van der Waals surface area contributed by atoms with Crippen LogP contribution in [0.1, 0.15) is 44.9 Å². The molecule has 0 saturated heterocycles. The Labute approximate surface area is 113 Å². The smallest absolute Gasteiger partial charge is 0.326 e. The Hall–Kier alpha value is -1.52. The Balaban J connectivity index is 1.84. The van der Waals surface area contributed by atoms with Crippen LogP contribution in [0.4, 0.5) is 4.79 Å². The monoisotopic (exact) mass is 266 g/mol. The molecular formula is C14H22N2O3. The Morgan fingerprint density at radius 3 is 2.32 bits per heavy atom. The van der Waals surface area contributed by atoms with Gasteiger partial charge in [-0.25, -0.2) is 9.59 Å². The van der Waals surface area contributed by atoms with Gasteiger partial charge in [-0.2, -0.15) is 0 Å². The lowest BCUT2D eigenvalue weighted by Gasteiger charge is -2.28. The van der Waals surface area contributed by atoms with Crippen LogP contribution in [0.3, 0.4) is 0 Å². The van der Waals surface area contributed by atoms with Crippen molar-refractivity contribution in [2.24, 2.45) is 5.92 Å². The summed E-state index contributed by atoms with van der Waals surface area (Å²) in [5.74, 6) is -0.856. The van der Waals surface area contributed by atoms with Gasteiger partial charge in [-0.1, -0.05) is 31.4 Å². The summed E-state index contributed by atoms with van der Waals surface area (Å²) >= 11 is 0. The molecule has 5 heteroatoms. The first-order valence-electron chi connectivity index (χ1n) is 7.11. The van der Waals surface area contributed by atoms with E-state index in [1.165, 1.54) is 6.42 Å². The van der Waals surface area contributed by atoms with Crippen molar-refractivity contribution >= 4 is 12.0 Å². The first kappa shape index (κ1) is 13.9. The molecule has 0 aromatic rings. The van der Waals surface area contributed by atoms with Crippen molar-refractivity contribution in [3.63, 3.8) is 0 Å². The van der Waals surface area contributed by atoms with Gasteiger partial charge in [-0.05, 0) is 31.6 Å². The standard InChI is InChI=1S/C14H22N2O3/c17-13(18)12(10-6-2-1-3-7-10)16-14(19)15-11-8-4-5-9-11/h4-5,10-12H,1-3,6-9H2,(H,17,18)(H2,15,16,19). The Morgan fingerprint density at radius 2 is 1.74 bits per heavy atom. The van der Waals surface area contributed by atoms with Crippen LogP contribution in [-0.2, 0) is 4.79 Å². The number of nitrogens with one attached hydrogen (secondary N) is 2. The molecule has 0 bridgehead atoms. The van der Waals surface area contributed by atoms with Gasteiger partial charge in [0.15, 0.2) is 0 Å². The fraction of sp³-hybridized carbons (Fsp3) is 0.714. The predicted octanol–water partition coefficient (Wildman–Crippen LogP) is 2.04. The van der Waals surface area contributed by atoms with Gasteiger partial charge in [0, 0.05) is 6.04 Å². The highest BCUT2D eigenvalue weighted by atomic mass is 16.4. The summed E-state index contributed by atoms with van der Waals surface area (Å²) in [6.45, 7) is 0. The number of hydrogen-bond acceptors (Lipinski definition) is 2. The van der Waals surface area contributed by atoms with Gasteiger partial charge in [-0.3, -0.25) is 0 Å². The van der Waals surface area contributed by atoms with Crippen molar-refractivity contribution in [1.29, 1.82) is 0 Å².